The number of hydrogen-bond donors (Lipinski definition) is 0. The fourth-order valence-electron chi connectivity index (χ4n) is 2.27. The van der Waals surface area contributed by atoms with Gasteiger partial charge in [0.25, 0.3) is 0 Å². The van der Waals surface area contributed by atoms with E-state index in [1.807, 2.05) is 6.26 Å². The molecule has 0 unspecified atom stereocenters. The second-order valence-corrected chi connectivity index (χ2v) is 10.8. The minimum atomic E-state index is 0. The molecule has 0 spiro atoms. The Morgan fingerprint density at radius 3 is 1.09 bits per heavy atom. The minimum absolute atomic E-state index is 0. The van der Waals surface area contributed by atoms with Crippen molar-refractivity contribution in [3.63, 3.8) is 0 Å². The number of hydrogen-bond acceptors (Lipinski definition) is 13. The van der Waals surface area contributed by atoms with Crippen molar-refractivity contribution < 1.29 is 65.0 Å². The molecule has 0 aliphatic carbocycles. The number of rotatable bonds is 32. The Balaban J connectivity index is -0.000000265. The number of thioether (sulfide) groups is 3. The molecule has 0 bridgehead atoms. The van der Waals surface area contributed by atoms with Gasteiger partial charge in [-0.2, -0.15) is 35.3 Å². The smallest absolute Gasteiger partial charge is 0.0701 e. The molecule has 0 aliphatic rings. The van der Waals surface area contributed by atoms with E-state index in [0.717, 1.165) is 50.1 Å². The fraction of sp³-hybridized carbons (Fsp3) is 1.00. The fourth-order valence-corrected chi connectivity index (χ4v) is 3.12. The summed E-state index contributed by atoms with van der Waals surface area (Å²) in [4.78, 5) is 2.61. The van der Waals surface area contributed by atoms with Crippen LogP contribution in [0.5, 0.6) is 0 Å². The van der Waals surface area contributed by atoms with E-state index in [4.69, 9.17) is 48.2 Å². The summed E-state index contributed by atoms with van der Waals surface area (Å²) < 4.78 is 46.9. The first-order valence-electron chi connectivity index (χ1n) is 14.3. The van der Waals surface area contributed by atoms with Gasteiger partial charge in [-0.15, -0.1) is 0 Å². The summed E-state index contributed by atoms with van der Waals surface area (Å²) in [6, 6.07) is 0. The Morgan fingerprint density at radius 1 is 0.488 bits per heavy atom. The van der Waals surface area contributed by atoms with Crippen molar-refractivity contribution in [1.82, 2.24) is 0 Å². The molecule has 0 rings (SSSR count). The van der Waals surface area contributed by atoms with Gasteiger partial charge in [0.1, 0.15) is 0 Å². The summed E-state index contributed by atoms with van der Waals surface area (Å²) in [5.74, 6) is 3.13. The van der Waals surface area contributed by atoms with E-state index >= 15 is 0 Å². The zero-order chi connectivity index (χ0) is 31.5. The molecule has 0 aromatic heterocycles. The first-order valence-corrected chi connectivity index (χ1v) is 18.5. The first kappa shape index (κ1) is 50.6. The second kappa shape index (κ2) is 55.2. The average Bonchev–Trinajstić information content (AvgIpc) is 3.01. The van der Waals surface area contributed by atoms with Crippen molar-refractivity contribution in [2.45, 2.75) is 13.3 Å². The maximum Gasteiger partial charge on any atom is 0.0701 e. The van der Waals surface area contributed by atoms with Gasteiger partial charge in [0.2, 0.25) is 0 Å². The molecule has 0 N–H and O–H groups in total. The van der Waals surface area contributed by atoms with Gasteiger partial charge >= 0.3 is 0 Å². The van der Waals surface area contributed by atoms with Gasteiger partial charge in [0.15, 0.2) is 0 Å². The Kier molecular flexibility index (Phi) is 64.9. The molecule has 0 amide bonds. The van der Waals surface area contributed by atoms with Crippen LogP contribution in [0.4, 0.5) is 0 Å². The molecule has 0 heterocycles. The van der Waals surface area contributed by atoms with Gasteiger partial charge in [-0.3, -0.25) is 0 Å². The Bertz CT molecular complexity index is 488. The normalized spacial score (nSPS) is 10.2. The van der Waals surface area contributed by atoms with E-state index in [1.165, 1.54) is 0 Å². The van der Waals surface area contributed by atoms with E-state index in [0.29, 0.717) is 92.4 Å². The molecule has 0 saturated carbocycles. The molecule has 0 aromatic rings. The Labute approximate surface area is 289 Å². The molecule has 0 fully saturated rings. The van der Waals surface area contributed by atoms with Crippen LogP contribution in [0.2, 0.25) is 0 Å². The van der Waals surface area contributed by atoms with Crippen LogP contribution in [0.15, 0.2) is 5.11 Å². The predicted molar refractivity (Wildman–Crippen MR) is 178 cm³/mol. The summed E-state index contributed by atoms with van der Waals surface area (Å²) in [7, 11) is 1.67. The van der Waals surface area contributed by atoms with Crippen LogP contribution < -0.4 is 0 Å². The molecule has 265 valence electrons. The molecule has 43 heavy (non-hydrogen) atoms. The number of nitrogens with zero attached hydrogens (tertiary/aromatic N) is 3. The van der Waals surface area contributed by atoms with E-state index in [-0.39, 0.29) is 22.4 Å². The molecular weight excluding hydrogens is 803 g/mol. The maximum absolute atomic E-state index is 7.99. The van der Waals surface area contributed by atoms with Crippen LogP contribution in [-0.4, -0.2) is 162 Å². The van der Waals surface area contributed by atoms with Gasteiger partial charge in [-0.05, 0) is 30.7 Å². The number of azide groups is 1. The molecule has 16 heteroatoms. The summed E-state index contributed by atoms with van der Waals surface area (Å²) in [5, 5.41) is 3.34. The van der Waals surface area contributed by atoms with Crippen LogP contribution >= 0.6 is 35.3 Å². The Hall–Kier alpha value is 0.740. The third-order valence-corrected chi connectivity index (χ3v) is 6.06. The third kappa shape index (κ3) is 62.3. The van der Waals surface area contributed by atoms with Gasteiger partial charge in [0.05, 0.1) is 106 Å². The largest absolute Gasteiger partial charge is 0.382 e. The van der Waals surface area contributed by atoms with Crippen molar-refractivity contribution in [2.75, 3.05) is 162 Å². The quantitative estimate of drug-likeness (QED) is 0.0310. The summed E-state index contributed by atoms with van der Waals surface area (Å²) in [6.07, 6.45) is 7.26. The number of ether oxygens (including phenoxy) is 9. The molecular formula is C27H59AuN3O9S3. The van der Waals surface area contributed by atoms with Crippen LogP contribution in [0, 0.1) is 0 Å². The van der Waals surface area contributed by atoms with Gasteiger partial charge in [0, 0.05) is 64.8 Å². The van der Waals surface area contributed by atoms with Crippen LogP contribution in [0.1, 0.15) is 13.3 Å². The third-order valence-electron chi connectivity index (χ3n) is 4.33. The zero-order valence-corrected chi connectivity index (χ0v) is 31.7. The standard InChI is InChI=1S/C10H22O3S.C9H19N3O3S.C8H18O3S.Au/c1-3-4-11-5-6-12-7-8-13-9-10-14-2;1-16-9-8-15-7-6-14-5-4-13-3-2-11-12-10;1-9-3-4-10-5-6-11-7-8-12-2;/h3-10H2,1-2H3;2-9H2,1H3;3-8H2,1-2H3;. The topological polar surface area (TPSA) is 132 Å². The molecule has 12 nitrogen and oxygen atoms in total. The predicted octanol–water partition coefficient (Wildman–Crippen LogP) is 4.55. The van der Waals surface area contributed by atoms with Crippen molar-refractivity contribution >= 4 is 35.3 Å². The summed E-state index contributed by atoms with van der Waals surface area (Å²) in [5.41, 5.74) is 7.99. The molecule has 1 radical (unpaired) electrons. The monoisotopic (exact) mass is 862 g/mol. The summed E-state index contributed by atoms with van der Waals surface area (Å²) >= 11 is 5.34. The average molecular weight is 863 g/mol. The van der Waals surface area contributed by atoms with Crippen LogP contribution in [-0.2, 0) is 65.0 Å². The van der Waals surface area contributed by atoms with Crippen molar-refractivity contribution in [3.05, 3.63) is 10.4 Å². The van der Waals surface area contributed by atoms with Crippen molar-refractivity contribution in [3.8, 4) is 0 Å². The van der Waals surface area contributed by atoms with Gasteiger partial charge in [-0.1, -0.05) is 12.0 Å². The SMILES string of the molecule is CCCOCCOCCOCCSC.COCCOCCOCCSC.CSCCOCCOCCOCCN=[N+]=[N-].[Au]. The van der Waals surface area contributed by atoms with Crippen LogP contribution in [0.3, 0.4) is 0 Å². The van der Waals surface area contributed by atoms with Crippen molar-refractivity contribution in [2.24, 2.45) is 5.11 Å². The molecule has 0 saturated heterocycles. The second-order valence-electron chi connectivity index (χ2n) is 7.82. The van der Waals surface area contributed by atoms with E-state index in [1.54, 1.807) is 42.4 Å². The van der Waals surface area contributed by atoms with Crippen molar-refractivity contribution in [1.29, 1.82) is 0 Å². The minimum Gasteiger partial charge on any atom is -0.382 e. The number of methoxy groups -OCH3 is 1. The maximum atomic E-state index is 7.99. The van der Waals surface area contributed by atoms with Gasteiger partial charge < -0.3 is 42.6 Å². The van der Waals surface area contributed by atoms with E-state index in [9.17, 15) is 0 Å². The zero-order valence-electron chi connectivity index (χ0n) is 27.1. The molecule has 0 aromatic carbocycles. The van der Waals surface area contributed by atoms with Gasteiger partial charge in [-0.25, -0.2) is 0 Å². The Morgan fingerprint density at radius 2 is 0.791 bits per heavy atom. The van der Waals surface area contributed by atoms with E-state index in [2.05, 4.69) is 29.5 Å². The van der Waals surface area contributed by atoms with E-state index < -0.39 is 0 Å². The molecule has 0 aliphatic heterocycles. The molecule has 0 atom stereocenters. The first-order chi connectivity index (χ1) is 20.7. The van der Waals surface area contributed by atoms with Crippen LogP contribution in [0.25, 0.3) is 10.4 Å². The summed E-state index contributed by atoms with van der Waals surface area (Å²) in [6.45, 7) is 13.8.